The van der Waals surface area contributed by atoms with Crippen LogP contribution in [0, 0.1) is 11.2 Å². The average Bonchev–Trinajstić information content (AvgIpc) is 2.50. The van der Waals surface area contributed by atoms with Crippen molar-refractivity contribution in [2.75, 3.05) is 0 Å². The molecule has 0 saturated carbocycles. The first kappa shape index (κ1) is 16.2. The predicted molar refractivity (Wildman–Crippen MR) is 87.2 cm³/mol. The Balaban J connectivity index is 2.43. The molecule has 0 heterocycles. The van der Waals surface area contributed by atoms with E-state index in [1.165, 1.54) is 12.1 Å². The summed E-state index contributed by atoms with van der Waals surface area (Å²) >= 11 is 0. The Morgan fingerprint density at radius 1 is 1.30 bits per heavy atom. The highest BCUT2D eigenvalue weighted by Gasteiger charge is 2.09. The van der Waals surface area contributed by atoms with Crippen LogP contribution in [0.2, 0.25) is 0 Å². The zero-order valence-corrected chi connectivity index (χ0v) is 12.4. The SMILES string of the molecule is C/C(=C\c1ccccc1-c1ccc(O)c(F)c1)C(=O)NC(=N)N. The van der Waals surface area contributed by atoms with E-state index in [9.17, 15) is 14.3 Å². The summed E-state index contributed by atoms with van der Waals surface area (Å²) in [6, 6.07) is 11.3. The third-order valence-electron chi connectivity index (χ3n) is 3.20. The van der Waals surface area contributed by atoms with E-state index in [0.29, 0.717) is 22.3 Å². The third kappa shape index (κ3) is 3.94. The van der Waals surface area contributed by atoms with Gasteiger partial charge in [0.05, 0.1) is 0 Å². The Hall–Kier alpha value is -3.15. The second kappa shape index (κ2) is 6.74. The fraction of sp³-hybridized carbons (Fsp3) is 0.0588. The first-order chi connectivity index (χ1) is 10.9. The van der Waals surface area contributed by atoms with E-state index in [0.717, 1.165) is 0 Å². The van der Waals surface area contributed by atoms with Gasteiger partial charge in [-0.05, 0) is 41.8 Å². The van der Waals surface area contributed by atoms with Crippen molar-refractivity contribution >= 4 is 17.9 Å². The normalized spacial score (nSPS) is 11.1. The fourth-order valence-electron chi connectivity index (χ4n) is 2.08. The van der Waals surface area contributed by atoms with Gasteiger partial charge in [0.1, 0.15) is 0 Å². The van der Waals surface area contributed by atoms with Gasteiger partial charge in [0.2, 0.25) is 0 Å². The standard InChI is InChI=1S/C17H16FN3O2/c1-10(16(23)21-17(19)20)8-11-4-2-3-5-13(11)12-6-7-15(22)14(18)9-12/h2-9,22H,1H3,(H4,19,20,21,23)/b10-8+. The number of nitrogens with one attached hydrogen (secondary N) is 2. The van der Waals surface area contributed by atoms with Crippen LogP contribution in [-0.2, 0) is 4.79 Å². The molecule has 2 aromatic rings. The van der Waals surface area contributed by atoms with Crippen molar-refractivity contribution in [1.82, 2.24) is 5.32 Å². The number of benzene rings is 2. The summed E-state index contributed by atoms with van der Waals surface area (Å²) in [6.45, 7) is 1.59. The summed E-state index contributed by atoms with van der Waals surface area (Å²) in [4.78, 5) is 11.8. The van der Waals surface area contributed by atoms with Crippen molar-refractivity contribution in [3.8, 4) is 16.9 Å². The van der Waals surface area contributed by atoms with Gasteiger partial charge in [-0.2, -0.15) is 0 Å². The van der Waals surface area contributed by atoms with Crippen LogP contribution in [0.1, 0.15) is 12.5 Å². The maximum Gasteiger partial charge on any atom is 0.253 e. The molecule has 0 aliphatic heterocycles. The van der Waals surface area contributed by atoms with Gasteiger partial charge in [-0.25, -0.2) is 4.39 Å². The van der Waals surface area contributed by atoms with E-state index in [2.05, 4.69) is 5.32 Å². The number of amides is 1. The first-order valence-electron chi connectivity index (χ1n) is 6.80. The van der Waals surface area contributed by atoms with Crippen LogP contribution >= 0.6 is 0 Å². The number of nitrogens with two attached hydrogens (primary N) is 1. The monoisotopic (exact) mass is 313 g/mol. The minimum Gasteiger partial charge on any atom is -0.505 e. The molecule has 0 atom stereocenters. The molecule has 23 heavy (non-hydrogen) atoms. The quantitative estimate of drug-likeness (QED) is 0.398. The van der Waals surface area contributed by atoms with Crippen molar-refractivity contribution in [3.63, 3.8) is 0 Å². The molecule has 0 unspecified atom stereocenters. The lowest BCUT2D eigenvalue weighted by molar-refractivity contribution is -0.116. The Kier molecular flexibility index (Phi) is 4.75. The van der Waals surface area contributed by atoms with Gasteiger partial charge in [0.25, 0.3) is 5.91 Å². The number of guanidine groups is 1. The van der Waals surface area contributed by atoms with Gasteiger partial charge < -0.3 is 10.8 Å². The summed E-state index contributed by atoms with van der Waals surface area (Å²) in [7, 11) is 0. The molecule has 5 N–H and O–H groups in total. The molecule has 6 heteroatoms. The highest BCUT2D eigenvalue weighted by molar-refractivity contribution is 6.06. The lowest BCUT2D eigenvalue weighted by Gasteiger charge is -2.09. The van der Waals surface area contributed by atoms with Crippen LogP contribution in [0.15, 0.2) is 48.0 Å². The number of hydrogen-bond acceptors (Lipinski definition) is 3. The number of phenols is 1. The van der Waals surface area contributed by atoms with Gasteiger partial charge >= 0.3 is 0 Å². The van der Waals surface area contributed by atoms with Crippen molar-refractivity contribution in [1.29, 1.82) is 5.41 Å². The van der Waals surface area contributed by atoms with Crippen molar-refractivity contribution in [3.05, 3.63) is 59.4 Å². The molecule has 0 bridgehead atoms. The highest BCUT2D eigenvalue weighted by atomic mass is 19.1. The Morgan fingerprint density at radius 2 is 2.00 bits per heavy atom. The lowest BCUT2D eigenvalue weighted by Crippen LogP contribution is -2.36. The maximum atomic E-state index is 13.6. The minimum absolute atomic E-state index is 0.354. The van der Waals surface area contributed by atoms with Crippen molar-refractivity contribution < 1.29 is 14.3 Å². The Bertz CT molecular complexity index is 800. The summed E-state index contributed by atoms with van der Waals surface area (Å²) in [6.07, 6.45) is 1.62. The van der Waals surface area contributed by atoms with E-state index in [1.54, 1.807) is 43.3 Å². The largest absolute Gasteiger partial charge is 0.505 e. The van der Waals surface area contributed by atoms with Gasteiger partial charge in [-0.1, -0.05) is 30.3 Å². The molecule has 0 saturated heterocycles. The molecule has 0 spiro atoms. The van der Waals surface area contributed by atoms with Crippen LogP contribution < -0.4 is 11.1 Å². The molecule has 0 aromatic heterocycles. The van der Waals surface area contributed by atoms with Crippen LogP contribution in [0.4, 0.5) is 4.39 Å². The lowest BCUT2D eigenvalue weighted by atomic mass is 9.98. The molecule has 0 radical (unpaired) electrons. The van der Waals surface area contributed by atoms with Crippen LogP contribution in [0.5, 0.6) is 5.75 Å². The summed E-state index contributed by atoms with van der Waals surface area (Å²) in [5, 5.41) is 18.6. The average molecular weight is 313 g/mol. The van der Waals surface area contributed by atoms with E-state index in [1.807, 2.05) is 0 Å². The molecule has 0 aliphatic rings. The van der Waals surface area contributed by atoms with Crippen LogP contribution in [0.25, 0.3) is 17.2 Å². The number of hydrogen-bond donors (Lipinski definition) is 4. The first-order valence-corrected chi connectivity index (χ1v) is 6.80. The van der Waals surface area contributed by atoms with E-state index < -0.39 is 23.4 Å². The van der Waals surface area contributed by atoms with Crippen LogP contribution in [-0.4, -0.2) is 17.0 Å². The maximum absolute atomic E-state index is 13.6. The van der Waals surface area contributed by atoms with Gasteiger partial charge in [-0.3, -0.25) is 15.5 Å². The molecule has 118 valence electrons. The molecule has 0 aliphatic carbocycles. The van der Waals surface area contributed by atoms with E-state index >= 15 is 0 Å². The summed E-state index contributed by atoms with van der Waals surface area (Å²) in [5.74, 6) is -2.05. The van der Waals surface area contributed by atoms with Gasteiger partial charge in [0, 0.05) is 5.57 Å². The van der Waals surface area contributed by atoms with E-state index in [-0.39, 0.29) is 0 Å². The molecule has 0 fully saturated rings. The highest BCUT2D eigenvalue weighted by Crippen LogP contribution is 2.28. The molecule has 5 nitrogen and oxygen atoms in total. The molecule has 2 aromatic carbocycles. The van der Waals surface area contributed by atoms with Crippen LogP contribution in [0.3, 0.4) is 0 Å². The number of halogens is 1. The molecular formula is C17H16FN3O2. The second-order valence-corrected chi connectivity index (χ2v) is 4.95. The number of aromatic hydroxyl groups is 1. The van der Waals surface area contributed by atoms with E-state index in [4.69, 9.17) is 11.1 Å². The van der Waals surface area contributed by atoms with Gasteiger partial charge in [-0.15, -0.1) is 0 Å². The predicted octanol–water partition coefficient (Wildman–Crippen LogP) is 2.61. The summed E-state index contributed by atoms with van der Waals surface area (Å²) < 4.78 is 13.6. The third-order valence-corrected chi connectivity index (χ3v) is 3.20. The topological polar surface area (TPSA) is 99.2 Å². The summed E-state index contributed by atoms with van der Waals surface area (Å²) in [5.41, 5.74) is 7.48. The Morgan fingerprint density at radius 3 is 2.65 bits per heavy atom. The molecule has 1 amide bonds. The fourth-order valence-corrected chi connectivity index (χ4v) is 2.08. The number of carbonyl (C=O) groups is 1. The molecular weight excluding hydrogens is 297 g/mol. The smallest absolute Gasteiger partial charge is 0.253 e. The second-order valence-electron chi connectivity index (χ2n) is 4.95. The number of carbonyl (C=O) groups excluding carboxylic acids is 1. The zero-order valence-electron chi connectivity index (χ0n) is 12.4. The van der Waals surface area contributed by atoms with Crippen molar-refractivity contribution in [2.24, 2.45) is 5.73 Å². The Labute approximate surface area is 132 Å². The number of phenolic OH excluding ortho intramolecular Hbond substituents is 1. The van der Waals surface area contributed by atoms with Gasteiger partial charge in [0.15, 0.2) is 17.5 Å². The number of rotatable bonds is 3. The van der Waals surface area contributed by atoms with Crippen molar-refractivity contribution in [2.45, 2.75) is 6.92 Å². The minimum atomic E-state index is -0.715. The molecule has 2 rings (SSSR count). The zero-order chi connectivity index (χ0) is 17.0.